The molecular weight excluding hydrogens is 237 g/mol. The molecule has 9 heavy (non-hydrogen) atoms. The lowest BCUT2D eigenvalue weighted by molar-refractivity contribution is -0.138. The highest BCUT2D eigenvalue weighted by Crippen LogP contribution is 1.88. The van der Waals surface area contributed by atoms with E-state index in [4.69, 9.17) is 5.11 Å². The largest absolute Gasteiger partial charge is 0.481 e. The zero-order chi connectivity index (χ0) is 7.28. The average Bonchev–Trinajstić information content (AvgIpc) is 1.83. The van der Waals surface area contributed by atoms with Crippen molar-refractivity contribution in [1.29, 1.82) is 0 Å². The smallest absolute Gasteiger partial charge is 0.303 e. The summed E-state index contributed by atoms with van der Waals surface area (Å²) in [5, 5.41) is 8.08. The molecule has 0 aromatic heterocycles. The summed E-state index contributed by atoms with van der Waals surface area (Å²) in [7, 11) is 0. The van der Waals surface area contributed by atoms with Crippen molar-refractivity contribution in [3.8, 4) is 0 Å². The fourth-order valence-corrected chi connectivity index (χ4v) is 0.537. The van der Waals surface area contributed by atoms with Gasteiger partial charge in [-0.3, -0.25) is 13.1 Å². The average molecular weight is 243 g/mol. The third-order valence-electron chi connectivity index (χ3n) is 0.671. The van der Waals surface area contributed by atoms with Gasteiger partial charge >= 0.3 is 5.97 Å². The van der Waals surface area contributed by atoms with Crippen LogP contribution in [0.15, 0.2) is 0 Å². The first-order chi connectivity index (χ1) is 4.16. The number of aliphatic carboxylic acids is 1. The molecule has 0 aliphatic carbocycles. The van der Waals surface area contributed by atoms with Crippen LogP contribution in [0, 0.1) is 0 Å². The molecule has 2 N–H and O–H groups in total. The summed E-state index contributed by atoms with van der Waals surface area (Å²) in [5.74, 6) is -1.20. The van der Waals surface area contributed by atoms with Gasteiger partial charge in [-0.2, -0.15) is 0 Å². The Morgan fingerprint density at radius 2 is 2.00 bits per heavy atom. The topological polar surface area (TPSA) is 66.4 Å². The molecule has 0 aliphatic heterocycles. The summed E-state index contributed by atoms with van der Waals surface area (Å²) in [4.78, 5) is 20.2. The van der Waals surface area contributed by atoms with Crippen LogP contribution in [0.25, 0.3) is 0 Å². The third kappa shape index (κ3) is 5.54. The maximum Gasteiger partial charge on any atom is 0.303 e. The van der Waals surface area contributed by atoms with Gasteiger partial charge in [-0.05, 0) is 0 Å². The summed E-state index contributed by atoms with van der Waals surface area (Å²) in [6, 6.07) is 0. The van der Waals surface area contributed by atoms with Crippen LogP contribution >= 0.6 is 22.9 Å². The van der Waals surface area contributed by atoms with Gasteiger partial charge < -0.3 is 5.11 Å². The molecule has 0 saturated heterocycles. The van der Waals surface area contributed by atoms with Gasteiger partial charge in [-0.25, -0.2) is 0 Å². The van der Waals surface area contributed by atoms with Gasteiger partial charge in [0.15, 0.2) is 0 Å². The monoisotopic (exact) mass is 243 g/mol. The molecule has 0 aromatic carbocycles. The van der Waals surface area contributed by atoms with Crippen LogP contribution in [-0.4, -0.2) is 17.0 Å². The molecule has 52 valence electrons. The van der Waals surface area contributed by atoms with E-state index in [-0.39, 0.29) is 18.7 Å². The Labute approximate surface area is 66.1 Å². The molecule has 0 spiro atoms. The van der Waals surface area contributed by atoms with Crippen molar-refractivity contribution in [2.75, 3.05) is 0 Å². The van der Waals surface area contributed by atoms with Crippen LogP contribution in [-0.2, 0) is 9.59 Å². The predicted octanol–water partition coefficient (Wildman–Crippen LogP) is 0.317. The molecule has 0 radical (unpaired) electrons. The number of amides is 1. The van der Waals surface area contributed by atoms with Crippen LogP contribution in [0.3, 0.4) is 0 Å². The molecule has 0 rings (SSSR count). The van der Waals surface area contributed by atoms with Gasteiger partial charge in [0.2, 0.25) is 5.91 Å². The number of hydrogen-bond donors (Lipinski definition) is 2. The SMILES string of the molecule is O=C(O)CCC(=O)NI. The van der Waals surface area contributed by atoms with Crippen LogP contribution in [0.1, 0.15) is 12.8 Å². The Hall–Kier alpha value is -0.330. The number of carboxylic acids is 1. The van der Waals surface area contributed by atoms with E-state index in [0.717, 1.165) is 0 Å². The summed E-state index contributed by atoms with van der Waals surface area (Å²) < 4.78 is 2.29. The normalized spacial score (nSPS) is 8.56. The van der Waals surface area contributed by atoms with Gasteiger partial charge in [-0.15, -0.1) is 0 Å². The van der Waals surface area contributed by atoms with Crippen molar-refractivity contribution in [2.24, 2.45) is 0 Å². The van der Waals surface area contributed by atoms with E-state index in [2.05, 4.69) is 3.53 Å². The minimum Gasteiger partial charge on any atom is -0.481 e. The lowest BCUT2D eigenvalue weighted by Gasteiger charge is -1.91. The molecule has 0 atom stereocenters. The minimum absolute atomic E-state index is 0.0538. The second kappa shape index (κ2) is 4.54. The highest BCUT2D eigenvalue weighted by atomic mass is 127. The van der Waals surface area contributed by atoms with E-state index in [1.54, 1.807) is 22.9 Å². The standard InChI is InChI=1S/C4H6INO3/c5-6-3(7)1-2-4(8)9/h1-2H2,(H,6,7)(H,8,9). The Balaban J connectivity index is 3.28. The quantitative estimate of drug-likeness (QED) is 0.554. The first-order valence-corrected chi connectivity index (χ1v) is 3.36. The van der Waals surface area contributed by atoms with Gasteiger partial charge in [0.25, 0.3) is 0 Å². The van der Waals surface area contributed by atoms with E-state index in [1.807, 2.05) is 0 Å². The van der Waals surface area contributed by atoms with E-state index in [1.165, 1.54) is 0 Å². The van der Waals surface area contributed by atoms with Crippen molar-refractivity contribution >= 4 is 34.7 Å². The van der Waals surface area contributed by atoms with Crippen molar-refractivity contribution in [2.45, 2.75) is 12.8 Å². The van der Waals surface area contributed by atoms with E-state index >= 15 is 0 Å². The van der Waals surface area contributed by atoms with Crippen LogP contribution in [0.5, 0.6) is 0 Å². The second-order valence-electron chi connectivity index (χ2n) is 1.41. The van der Waals surface area contributed by atoms with E-state index < -0.39 is 5.97 Å². The van der Waals surface area contributed by atoms with Gasteiger partial charge in [0, 0.05) is 6.42 Å². The van der Waals surface area contributed by atoms with Gasteiger partial charge in [0.1, 0.15) is 0 Å². The first kappa shape index (κ1) is 8.67. The zero-order valence-corrected chi connectivity index (χ0v) is 6.71. The summed E-state index contributed by atoms with van der Waals surface area (Å²) >= 11 is 1.67. The molecule has 5 heteroatoms. The van der Waals surface area contributed by atoms with Crippen LogP contribution in [0.2, 0.25) is 0 Å². The zero-order valence-electron chi connectivity index (χ0n) is 4.56. The number of rotatable bonds is 3. The van der Waals surface area contributed by atoms with Gasteiger partial charge in [-0.1, -0.05) is 0 Å². The maximum absolute atomic E-state index is 10.3. The number of nitrogens with one attached hydrogen (secondary N) is 1. The minimum atomic E-state index is -0.949. The Kier molecular flexibility index (Phi) is 4.37. The number of carboxylic acid groups (broad SMARTS) is 1. The molecular formula is C4H6INO3. The highest BCUT2D eigenvalue weighted by molar-refractivity contribution is 14.1. The molecule has 0 saturated carbocycles. The number of halogens is 1. The maximum atomic E-state index is 10.3. The van der Waals surface area contributed by atoms with Crippen molar-refractivity contribution in [1.82, 2.24) is 3.53 Å². The first-order valence-electron chi connectivity index (χ1n) is 2.28. The molecule has 0 unspecified atom stereocenters. The molecule has 4 nitrogen and oxygen atoms in total. The highest BCUT2D eigenvalue weighted by Gasteiger charge is 2.01. The molecule has 1 amide bonds. The lowest BCUT2D eigenvalue weighted by atomic mass is 10.3. The Morgan fingerprint density at radius 3 is 2.33 bits per heavy atom. The fraction of sp³-hybridized carbons (Fsp3) is 0.500. The third-order valence-corrected chi connectivity index (χ3v) is 1.27. The molecule has 0 heterocycles. The van der Waals surface area contributed by atoms with Crippen molar-refractivity contribution in [3.05, 3.63) is 0 Å². The molecule has 0 fully saturated rings. The number of hydrogen-bond acceptors (Lipinski definition) is 2. The van der Waals surface area contributed by atoms with Crippen molar-refractivity contribution < 1.29 is 14.7 Å². The fourth-order valence-electron chi connectivity index (χ4n) is 0.268. The molecule has 0 bridgehead atoms. The van der Waals surface area contributed by atoms with Crippen LogP contribution < -0.4 is 3.53 Å². The van der Waals surface area contributed by atoms with Gasteiger partial charge in [0.05, 0.1) is 29.3 Å². The summed E-state index contributed by atoms with van der Waals surface area (Å²) in [6.07, 6.45) is -0.0485. The number of carbonyl (C=O) groups is 2. The van der Waals surface area contributed by atoms with E-state index in [9.17, 15) is 9.59 Å². The molecule has 0 aliphatic rings. The molecule has 0 aromatic rings. The van der Waals surface area contributed by atoms with E-state index in [0.29, 0.717) is 0 Å². The second-order valence-corrected chi connectivity index (χ2v) is 1.95. The Bertz CT molecular complexity index is 125. The van der Waals surface area contributed by atoms with Crippen LogP contribution in [0.4, 0.5) is 0 Å². The lowest BCUT2D eigenvalue weighted by Crippen LogP contribution is -2.12. The Morgan fingerprint density at radius 1 is 1.44 bits per heavy atom. The number of carbonyl (C=O) groups excluding carboxylic acids is 1. The summed E-state index contributed by atoms with van der Waals surface area (Å²) in [5.41, 5.74) is 0. The summed E-state index contributed by atoms with van der Waals surface area (Å²) in [6.45, 7) is 0. The predicted molar refractivity (Wildman–Crippen MR) is 39.0 cm³/mol. The van der Waals surface area contributed by atoms with Crippen molar-refractivity contribution in [3.63, 3.8) is 0 Å².